The maximum Gasteiger partial charge on any atom is 0.227 e. The molecule has 0 aliphatic rings. The van der Waals surface area contributed by atoms with Crippen LogP contribution in [0.1, 0.15) is 18.1 Å². The van der Waals surface area contributed by atoms with Crippen molar-refractivity contribution < 1.29 is 9.90 Å². The van der Waals surface area contributed by atoms with Crippen molar-refractivity contribution in [1.29, 1.82) is 0 Å². The number of likely N-dealkylation sites (N-methyl/N-ethyl adjacent to an activating group) is 1. The molecule has 0 atom stereocenters. The van der Waals surface area contributed by atoms with E-state index in [0.717, 1.165) is 5.56 Å². The molecule has 4 heteroatoms. The van der Waals surface area contributed by atoms with Crippen LogP contribution in [0, 0.1) is 0 Å². The number of hydrogen-bond donors (Lipinski definition) is 2. The molecule has 0 aliphatic heterocycles. The average molecular weight is 284 g/mol. The second kappa shape index (κ2) is 6.79. The number of carbonyl (C=O) groups is 1. The molecule has 1 amide bonds. The van der Waals surface area contributed by atoms with Crippen LogP contribution < -0.4 is 5.73 Å². The topological polar surface area (TPSA) is 66.6 Å². The molecule has 0 unspecified atom stereocenters. The first kappa shape index (κ1) is 14.9. The van der Waals surface area contributed by atoms with Crippen molar-refractivity contribution in [3.63, 3.8) is 0 Å². The molecule has 0 radical (unpaired) electrons. The fourth-order valence-corrected chi connectivity index (χ4v) is 2.15. The van der Waals surface area contributed by atoms with Crippen molar-refractivity contribution in [1.82, 2.24) is 4.90 Å². The molecule has 4 nitrogen and oxygen atoms in total. The summed E-state index contributed by atoms with van der Waals surface area (Å²) in [6.45, 7) is 3.11. The number of benzene rings is 2. The number of hydrogen-bond acceptors (Lipinski definition) is 3. The molecule has 0 aliphatic carbocycles. The first-order chi connectivity index (χ1) is 10.1. The highest BCUT2D eigenvalue weighted by atomic mass is 16.3. The van der Waals surface area contributed by atoms with Gasteiger partial charge in [-0.3, -0.25) is 4.79 Å². The van der Waals surface area contributed by atoms with Crippen molar-refractivity contribution in [2.45, 2.75) is 19.9 Å². The lowest BCUT2D eigenvalue weighted by Gasteiger charge is -2.21. The average Bonchev–Trinajstić information content (AvgIpc) is 2.49. The number of amides is 1. The van der Waals surface area contributed by atoms with Crippen LogP contribution in [-0.4, -0.2) is 22.5 Å². The third kappa shape index (κ3) is 3.99. The van der Waals surface area contributed by atoms with Gasteiger partial charge in [0.05, 0.1) is 6.42 Å². The molecule has 0 saturated carbocycles. The molecular weight excluding hydrogens is 264 g/mol. The Bertz CT molecular complexity index is 608. The summed E-state index contributed by atoms with van der Waals surface area (Å²) < 4.78 is 0. The Kier molecular flexibility index (Phi) is 4.82. The van der Waals surface area contributed by atoms with E-state index >= 15 is 0 Å². The second-order valence-electron chi connectivity index (χ2n) is 4.95. The molecule has 0 heterocycles. The number of nitrogen functional groups attached to an aromatic ring is 1. The molecule has 0 bridgehead atoms. The zero-order valence-corrected chi connectivity index (χ0v) is 12.1. The molecular formula is C17H20N2O2. The minimum absolute atomic E-state index is 0.00387. The van der Waals surface area contributed by atoms with E-state index in [4.69, 9.17) is 5.73 Å². The van der Waals surface area contributed by atoms with Crippen LogP contribution in [0.3, 0.4) is 0 Å². The summed E-state index contributed by atoms with van der Waals surface area (Å²) in [4.78, 5) is 14.1. The Morgan fingerprint density at radius 2 is 1.81 bits per heavy atom. The number of para-hydroxylation sites is 1. The van der Waals surface area contributed by atoms with E-state index in [1.54, 1.807) is 23.1 Å². The molecule has 0 aromatic heterocycles. The summed E-state index contributed by atoms with van der Waals surface area (Å²) in [5, 5.41) is 9.75. The lowest BCUT2D eigenvalue weighted by molar-refractivity contribution is -0.130. The monoisotopic (exact) mass is 284 g/mol. The Labute approximate surface area is 124 Å². The maximum atomic E-state index is 12.4. The van der Waals surface area contributed by atoms with Gasteiger partial charge in [-0.2, -0.15) is 0 Å². The first-order valence-corrected chi connectivity index (χ1v) is 6.99. The Balaban J connectivity index is 2.05. The summed E-state index contributed by atoms with van der Waals surface area (Å²) in [7, 11) is 0. The zero-order valence-electron chi connectivity index (χ0n) is 12.1. The van der Waals surface area contributed by atoms with E-state index < -0.39 is 0 Å². The largest absolute Gasteiger partial charge is 0.508 e. The van der Waals surface area contributed by atoms with E-state index in [0.29, 0.717) is 24.3 Å². The zero-order chi connectivity index (χ0) is 15.2. The van der Waals surface area contributed by atoms with Gasteiger partial charge in [-0.15, -0.1) is 0 Å². The van der Waals surface area contributed by atoms with E-state index in [-0.39, 0.29) is 18.1 Å². The van der Waals surface area contributed by atoms with Crippen LogP contribution in [0.5, 0.6) is 5.75 Å². The van der Waals surface area contributed by atoms with Crippen LogP contribution in [-0.2, 0) is 17.8 Å². The lowest BCUT2D eigenvalue weighted by Crippen LogP contribution is -2.31. The number of aromatic hydroxyl groups is 1. The molecule has 110 valence electrons. The lowest BCUT2D eigenvalue weighted by atomic mass is 10.1. The number of phenolic OH excluding ortho intramolecular Hbond substituents is 1. The second-order valence-corrected chi connectivity index (χ2v) is 4.95. The molecule has 21 heavy (non-hydrogen) atoms. The van der Waals surface area contributed by atoms with E-state index in [1.165, 1.54) is 0 Å². The number of rotatable bonds is 5. The molecule has 0 saturated heterocycles. The highest BCUT2D eigenvalue weighted by molar-refractivity contribution is 5.79. The third-order valence-corrected chi connectivity index (χ3v) is 3.42. The fourth-order valence-electron chi connectivity index (χ4n) is 2.15. The number of nitrogens with two attached hydrogens (primary N) is 1. The molecule has 2 aromatic carbocycles. The van der Waals surface area contributed by atoms with Gasteiger partial charge in [-0.05, 0) is 30.7 Å². The van der Waals surface area contributed by atoms with Gasteiger partial charge in [-0.25, -0.2) is 0 Å². The Morgan fingerprint density at radius 3 is 2.43 bits per heavy atom. The summed E-state index contributed by atoms with van der Waals surface area (Å²) in [6.07, 6.45) is 0.204. The van der Waals surface area contributed by atoms with Crippen LogP contribution >= 0.6 is 0 Å². The van der Waals surface area contributed by atoms with E-state index in [2.05, 4.69) is 0 Å². The smallest absolute Gasteiger partial charge is 0.227 e. The quantitative estimate of drug-likeness (QED) is 0.829. The first-order valence-electron chi connectivity index (χ1n) is 6.99. The van der Waals surface area contributed by atoms with Crippen LogP contribution in [0.2, 0.25) is 0 Å². The normalized spacial score (nSPS) is 10.3. The molecule has 2 aromatic rings. The maximum absolute atomic E-state index is 12.4. The minimum Gasteiger partial charge on any atom is -0.508 e. The number of nitrogens with zero attached hydrogens (tertiary/aromatic N) is 1. The number of anilines is 1. The van der Waals surface area contributed by atoms with Crippen LogP contribution in [0.25, 0.3) is 0 Å². The van der Waals surface area contributed by atoms with Crippen molar-refractivity contribution >= 4 is 11.6 Å². The standard InChI is InChI=1S/C17H20N2O2/c1-2-19(12-13-7-9-15(18)10-8-13)17(21)11-14-5-3-4-6-16(14)20/h3-10,20H,2,11-12,18H2,1H3. The Hall–Kier alpha value is -2.49. The fraction of sp³-hybridized carbons (Fsp3) is 0.235. The molecule has 0 fully saturated rings. The van der Waals surface area contributed by atoms with Gasteiger partial charge in [0.25, 0.3) is 0 Å². The summed E-state index contributed by atoms with van der Waals surface area (Å²) in [6, 6.07) is 14.4. The number of phenols is 1. The van der Waals surface area contributed by atoms with E-state index in [9.17, 15) is 9.90 Å². The molecule has 3 N–H and O–H groups in total. The van der Waals surface area contributed by atoms with E-state index in [1.807, 2.05) is 37.3 Å². The van der Waals surface area contributed by atoms with Gasteiger partial charge in [0.1, 0.15) is 5.75 Å². The summed E-state index contributed by atoms with van der Waals surface area (Å²) in [5.74, 6) is 0.158. The van der Waals surface area contributed by atoms with Crippen LogP contribution in [0.4, 0.5) is 5.69 Å². The minimum atomic E-state index is -0.00387. The van der Waals surface area contributed by atoms with Gasteiger partial charge in [0, 0.05) is 24.3 Å². The van der Waals surface area contributed by atoms with Gasteiger partial charge >= 0.3 is 0 Å². The summed E-state index contributed by atoms with van der Waals surface area (Å²) >= 11 is 0. The molecule has 2 rings (SSSR count). The number of carbonyl (C=O) groups excluding carboxylic acids is 1. The highest BCUT2D eigenvalue weighted by Gasteiger charge is 2.14. The van der Waals surface area contributed by atoms with Crippen molar-refractivity contribution in [2.75, 3.05) is 12.3 Å². The SMILES string of the molecule is CCN(Cc1ccc(N)cc1)C(=O)Cc1ccccc1O. The predicted octanol–water partition coefficient (Wildman–Crippen LogP) is 2.57. The van der Waals surface area contributed by atoms with Gasteiger partial charge < -0.3 is 15.7 Å². The third-order valence-electron chi connectivity index (χ3n) is 3.42. The van der Waals surface area contributed by atoms with Gasteiger partial charge in [0.2, 0.25) is 5.91 Å². The van der Waals surface area contributed by atoms with Crippen molar-refractivity contribution in [3.05, 3.63) is 59.7 Å². The van der Waals surface area contributed by atoms with Gasteiger partial charge in [0.15, 0.2) is 0 Å². The van der Waals surface area contributed by atoms with Gasteiger partial charge in [-0.1, -0.05) is 30.3 Å². The molecule has 0 spiro atoms. The highest BCUT2D eigenvalue weighted by Crippen LogP contribution is 2.17. The summed E-state index contributed by atoms with van der Waals surface area (Å²) in [5.41, 5.74) is 8.06. The Morgan fingerprint density at radius 1 is 1.14 bits per heavy atom. The van der Waals surface area contributed by atoms with Crippen molar-refractivity contribution in [2.24, 2.45) is 0 Å². The predicted molar refractivity (Wildman–Crippen MR) is 83.8 cm³/mol. The van der Waals surface area contributed by atoms with Crippen LogP contribution in [0.15, 0.2) is 48.5 Å². The van der Waals surface area contributed by atoms with Crippen molar-refractivity contribution in [3.8, 4) is 5.75 Å².